The SMILES string of the molecule is CCCNCC(O)c1c(Br)cnn1CCC. The van der Waals surface area contributed by atoms with Gasteiger partial charge in [-0.2, -0.15) is 5.10 Å². The van der Waals surface area contributed by atoms with E-state index in [1.807, 2.05) is 4.68 Å². The van der Waals surface area contributed by atoms with Crippen LogP contribution in [0.25, 0.3) is 0 Å². The first-order chi connectivity index (χ1) is 7.70. The lowest BCUT2D eigenvalue weighted by atomic mass is 10.2. The van der Waals surface area contributed by atoms with Crippen molar-refractivity contribution in [2.45, 2.75) is 39.3 Å². The van der Waals surface area contributed by atoms with Crippen LogP contribution >= 0.6 is 15.9 Å². The van der Waals surface area contributed by atoms with Crippen molar-refractivity contribution in [2.24, 2.45) is 0 Å². The fourth-order valence-electron chi connectivity index (χ4n) is 1.61. The van der Waals surface area contributed by atoms with Crippen molar-refractivity contribution in [3.05, 3.63) is 16.4 Å². The van der Waals surface area contributed by atoms with E-state index in [0.717, 1.165) is 36.1 Å². The Kier molecular flexibility index (Phi) is 6.01. The second-order valence-electron chi connectivity index (χ2n) is 3.82. The van der Waals surface area contributed by atoms with E-state index in [4.69, 9.17) is 0 Å². The van der Waals surface area contributed by atoms with Gasteiger partial charge in [0, 0.05) is 13.1 Å². The fraction of sp³-hybridized carbons (Fsp3) is 0.727. The van der Waals surface area contributed by atoms with E-state index in [1.165, 1.54) is 0 Å². The lowest BCUT2D eigenvalue weighted by molar-refractivity contribution is 0.163. The van der Waals surface area contributed by atoms with Crippen LogP contribution in [0, 0.1) is 0 Å². The van der Waals surface area contributed by atoms with Crippen LogP contribution in [0.3, 0.4) is 0 Å². The second kappa shape index (κ2) is 7.04. The highest BCUT2D eigenvalue weighted by atomic mass is 79.9. The third-order valence-corrected chi connectivity index (χ3v) is 2.96. The summed E-state index contributed by atoms with van der Waals surface area (Å²) in [5.41, 5.74) is 0.866. The number of nitrogens with one attached hydrogen (secondary N) is 1. The Balaban J connectivity index is 2.65. The maximum atomic E-state index is 10.1. The van der Waals surface area contributed by atoms with Gasteiger partial charge in [-0.25, -0.2) is 0 Å². The molecule has 0 amide bonds. The summed E-state index contributed by atoms with van der Waals surface area (Å²) in [6.45, 7) is 6.54. The highest BCUT2D eigenvalue weighted by Gasteiger charge is 2.16. The van der Waals surface area contributed by atoms with E-state index in [0.29, 0.717) is 6.54 Å². The van der Waals surface area contributed by atoms with Gasteiger partial charge in [-0.3, -0.25) is 4.68 Å². The van der Waals surface area contributed by atoms with Gasteiger partial charge in [0.1, 0.15) is 6.10 Å². The molecule has 0 aliphatic heterocycles. The number of aryl methyl sites for hydroxylation is 1. The predicted molar refractivity (Wildman–Crippen MR) is 68.3 cm³/mol. The molecule has 2 N–H and O–H groups in total. The first kappa shape index (κ1) is 13.7. The molecule has 92 valence electrons. The van der Waals surface area contributed by atoms with Crippen LogP contribution in [-0.2, 0) is 6.54 Å². The van der Waals surface area contributed by atoms with Crippen molar-refractivity contribution in [1.29, 1.82) is 0 Å². The molecule has 0 aliphatic rings. The first-order valence-corrected chi connectivity index (χ1v) is 6.60. The van der Waals surface area contributed by atoms with E-state index in [9.17, 15) is 5.11 Å². The fourth-order valence-corrected chi connectivity index (χ4v) is 2.17. The van der Waals surface area contributed by atoms with Gasteiger partial charge in [0.25, 0.3) is 0 Å². The molecule has 16 heavy (non-hydrogen) atoms. The average molecular weight is 290 g/mol. The van der Waals surface area contributed by atoms with Crippen LogP contribution in [-0.4, -0.2) is 28.0 Å². The number of nitrogens with zero attached hydrogens (tertiary/aromatic N) is 2. The van der Waals surface area contributed by atoms with Gasteiger partial charge in [-0.15, -0.1) is 0 Å². The minimum atomic E-state index is -0.505. The summed E-state index contributed by atoms with van der Waals surface area (Å²) in [4.78, 5) is 0. The molecular weight excluding hydrogens is 270 g/mol. The van der Waals surface area contributed by atoms with E-state index >= 15 is 0 Å². The average Bonchev–Trinajstić information content (AvgIpc) is 2.61. The molecule has 0 aliphatic carbocycles. The molecule has 1 unspecified atom stereocenters. The highest BCUT2D eigenvalue weighted by molar-refractivity contribution is 9.10. The zero-order chi connectivity index (χ0) is 12.0. The van der Waals surface area contributed by atoms with Crippen molar-refractivity contribution in [2.75, 3.05) is 13.1 Å². The van der Waals surface area contributed by atoms with E-state index in [1.54, 1.807) is 6.20 Å². The quantitative estimate of drug-likeness (QED) is 0.756. The summed E-state index contributed by atoms with van der Waals surface area (Å²) in [6, 6.07) is 0. The van der Waals surface area contributed by atoms with Crippen molar-refractivity contribution in [1.82, 2.24) is 15.1 Å². The van der Waals surface area contributed by atoms with Gasteiger partial charge >= 0.3 is 0 Å². The molecule has 4 nitrogen and oxygen atoms in total. The summed E-state index contributed by atoms with van der Waals surface area (Å²) in [7, 11) is 0. The van der Waals surface area contributed by atoms with E-state index < -0.39 is 6.10 Å². The molecule has 0 saturated carbocycles. The highest BCUT2D eigenvalue weighted by Crippen LogP contribution is 2.23. The molecular formula is C11H20BrN3O. The van der Waals surface area contributed by atoms with Crippen LogP contribution < -0.4 is 5.32 Å². The molecule has 1 heterocycles. The number of aliphatic hydroxyl groups excluding tert-OH is 1. The third-order valence-electron chi connectivity index (χ3n) is 2.35. The largest absolute Gasteiger partial charge is 0.385 e. The smallest absolute Gasteiger partial charge is 0.109 e. The molecule has 5 heteroatoms. The molecule has 0 aromatic carbocycles. The Labute approximate surface area is 105 Å². The molecule has 0 radical (unpaired) electrons. The number of aromatic nitrogens is 2. The molecule has 0 saturated heterocycles. The second-order valence-corrected chi connectivity index (χ2v) is 4.68. The van der Waals surface area contributed by atoms with Crippen molar-refractivity contribution in [3.8, 4) is 0 Å². The van der Waals surface area contributed by atoms with Gasteiger partial charge < -0.3 is 10.4 Å². The minimum absolute atomic E-state index is 0.505. The lowest BCUT2D eigenvalue weighted by Gasteiger charge is -2.14. The van der Waals surface area contributed by atoms with Crippen LogP contribution in [0.4, 0.5) is 0 Å². The predicted octanol–water partition coefficient (Wildman–Crippen LogP) is 2.09. The normalized spacial score (nSPS) is 13.0. The monoisotopic (exact) mass is 289 g/mol. The molecule has 0 fully saturated rings. The Hall–Kier alpha value is -0.390. The van der Waals surface area contributed by atoms with Gasteiger partial charge in [0.05, 0.1) is 16.4 Å². The number of hydrogen-bond acceptors (Lipinski definition) is 3. The van der Waals surface area contributed by atoms with Gasteiger partial charge in [-0.1, -0.05) is 13.8 Å². The molecule has 0 bridgehead atoms. The summed E-state index contributed by atoms with van der Waals surface area (Å²) < 4.78 is 2.74. The van der Waals surface area contributed by atoms with Gasteiger partial charge in [0.2, 0.25) is 0 Å². The Morgan fingerprint density at radius 2 is 2.25 bits per heavy atom. The summed E-state index contributed by atoms with van der Waals surface area (Å²) >= 11 is 3.43. The van der Waals surface area contributed by atoms with E-state index in [2.05, 4.69) is 40.2 Å². The first-order valence-electron chi connectivity index (χ1n) is 5.80. The molecule has 1 atom stereocenters. The number of rotatable bonds is 7. The van der Waals surface area contributed by atoms with Crippen LogP contribution in [0.2, 0.25) is 0 Å². The number of halogens is 1. The number of hydrogen-bond donors (Lipinski definition) is 2. The number of aliphatic hydroxyl groups is 1. The van der Waals surface area contributed by atoms with E-state index in [-0.39, 0.29) is 0 Å². The van der Waals surface area contributed by atoms with Gasteiger partial charge in [-0.05, 0) is 35.3 Å². The maximum Gasteiger partial charge on any atom is 0.109 e. The summed E-state index contributed by atoms with van der Waals surface area (Å²) in [6.07, 6.45) is 3.32. The summed E-state index contributed by atoms with van der Waals surface area (Å²) in [5.74, 6) is 0. The van der Waals surface area contributed by atoms with Gasteiger partial charge in [0.15, 0.2) is 0 Å². The molecule has 1 aromatic heterocycles. The zero-order valence-electron chi connectivity index (χ0n) is 9.91. The molecule has 0 spiro atoms. The molecule has 1 aromatic rings. The Morgan fingerprint density at radius 1 is 1.50 bits per heavy atom. The maximum absolute atomic E-state index is 10.1. The van der Waals surface area contributed by atoms with Crippen molar-refractivity contribution < 1.29 is 5.11 Å². The Bertz CT molecular complexity index is 314. The Morgan fingerprint density at radius 3 is 2.88 bits per heavy atom. The third kappa shape index (κ3) is 3.57. The molecule has 1 rings (SSSR count). The minimum Gasteiger partial charge on any atom is -0.385 e. The van der Waals surface area contributed by atoms with Crippen molar-refractivity contribution in [3.63, 3.8) is 0 Å². The van der Waals surface area contributed by atoms with Crippen LogP contribution in [0.5, 0.6) is 0 Å². The lowest BCUT2D eigenvalue weighted by Crippen LogP contribution is -2.24. The van der Waals surface area contributed by atoms with Crippen molar-refractivity contribution >= 4 is 15.9 Å². The zero-order valence-corrected chi connectivity index (χ0v) is 11.5. The standard InChI is InChI=1S/C11H20BrN3O/c1-3-5-13-8-10(16)11-9(12)7-14-15(11)6-4-2/h7,10,13,16H,3-6,8H2,1-2H3. The summed E-state index contributed by atoms with van der Waals surface area (Å²) in [5, 5.41) is 17.5. The topological polar surface area (TPSA) is 50.1 Å². The van der Waals surface area contributed by atoms with Crippen LogP contribution in [0.15, 0.2) is 10.7 Å². The van der Waals surface area contributed by atoms with Crippen LogP contribution in [0.1, 0.15) is 38.5 Å².